The van der Waals surface area contributed by atoms with Crippen molar-refractivity contribution in [3.63, 3.8) is 0 Å². The summed E-state index contributed by atoms with van der Waals surface area (Å²) in [7, 11) is -3.72. The Morgan fingerprint density at radius 2 is 2.06 bits per heavy atom. The molecule has 1 aliphatic heterocycles. The van der Waals surface area contributed by atoms with Gasteiger partial charge in [0.15, 0.2) is 0 Å². The van der Waals surface area contributed by atoms with Crippen molar-refractivity contribution in [3.05, 3.63) is 0 Å². The Morgan fingerprint density at radius 3 is 2.50 bits per heavy atom. The van der Waals surface area contributed by atoms with Crippen LogP contribution in [0.2, 0.25) is 0 Å². The Bertz CT molecular complexity index is 392. The van der Waals surface area contributed by atoms with Crippen LogP contribution >= 0.6 is 0 Å². The molecule has 1 rings (SSSR count). The standard InChI is InChI=1S/C9H14N2O4S/c1-2-5-8(9(12)13)10-16(14,15)11-6-3-4-7-11/h1,8,10H,3-7H2,(H,12,13). The van der Waals surface area contributed by atoms with E-state index in [1.165, 1.54) is 4.31 Å². The summed E-state index contributed by atoms with van der Waals surface area (Å²) in [6.07, 6.45) is 6.41. The first-order chi connectivity index (χ1) is 7.47. The zero-order valence-corrected chi connectivity index (χ0v) is 9.53. The van der Waals surface area contributed by atoms with E-state index in [1.54, 1.807) is 0 Å². The summed E-state index contributed by atoms with van der Waals surface area (Å²) >= 11 is 0. The van der Waals surface area contributed by atoms with Gasteiger partial charge in [-0.3, -0.25) is 4.79 Å². The van der Waals surface area contributed by atoms with Crippen molar-refractivity contribution in [1.82, 2.24) is 9.03 Å². The highest BCUT2D eigenvalue weighted by atomic mass is 32.2. The molecule has 1 saturated heterocycles. The minimum atomic E-state index is -3.72. The van der Waals surface area contributed by atoms with Gasteiger partial charge in [-0.2, -0.15) is 17.4 Å². The number of aliphatic carboxylic acids is 1. The van der Waals surface area contributed by atoms with Crippen LogP contribution in [0.25, 0.3) is 0 Å². The van der Waals surface area contributed by atoms with Crippen molar-refractivity contribution in [2.75, 3.05) is 13.1 Å². The first kappa shape index (κ1) is 13.0. The first-order valence-corrected chi connectivity index (χ1v) is 6.35. The fourth-order valence-corrected chi connectivity index (χ4v) is 2.91. The summed E-state index contributed by atoms with van der Waals surface area (Å²) in [6, 6.07) is -1.25. The normalized spacial score (nSPS) is 19.2. The summed E-state index contributed by atoms with van der Waals surface area (Å²) in [5, 5.41) is 8.77. The number of carbonyl (C=O) groups is 1. The van der Waals surface area contributed by atoms with E-state index >= 15 is 0 Å². The third kappa shape index (κ3) is 3.20. The van der Waals surface area contributed by atoms with Gasteiger partial charge in [-0.15, -0.1) is 12.3 Å². The summed E-state index contributed by atoms with van der Waals surface area (Å²) in [4.78, 5) is 10.7. The maximum atomic E-state index is 11.7. The molecule has 0 saturated carbocycles. The highest BCUT2D eigenvalue weighted by Crippen LogP contribution is 2.12. The molecule has 1 heterocycles. The number of nitrogens with zero attached hydrogens (tertiary/aromatic N) is 1. The number of rotatable bonds is 5. The topological polar surface area (TPSA) is 86.7 Å². The number of terminal acetylenes is 1. The first-order valence-electron chi connectivity index (χ1n) is 4.91. The number of carboxylic acids is 1. The van der Waals surface area contributed by atoms with Crippen molar-refractivity contribution in [1.29, 1.82) is 0 Å². The predicted molar refractivity (Wildman–Crippen MR) is 57.7 cm³/mol. The van der Waals surface area contributed by atoms with Gasteiger partial charge in [0.25, 0.3) is 10.2 Å². The lowest BCUT2D eigenvalue weighted by Gasteiger charge is -2.19. The monoisotopic (exact) mass is 246 g/mol. The number of hydrogen-bond acceptors (Lipinski definition) is 3. The maximum Gasteiger partial charge on any atom is 0.322 e. The maximum absolute atomic E-state index is 11.7. The fourth-order valence-electron chi connectivity index (χ4n) is 1.48. The van der Waals surface area contributed by atoms with Crippen LogP contribution in [0.15, 0.2) is 0 Å². The molecule has 16 heavy (non-hydrogen) atoms. The van der Waals surface area contributed by atoms with Gasteiger partial charge in [0, 0.05) is 19.5 Å². The van der Waals surface area contributed by atoms with Crippen LogP contribution in [0.4, 0.5) is 0 Å². The minimum Gasteiger partial charge on any atom is -0.480 e. The highest BCUT2D eigenvalue weighted by Gasteiger charge is 2.30. The molecule has 0 radical (unpaired) electrons. The molecule has 0 aliphatic carbocycles. The lowest BCUT2D eigenvalue weighted by atomic mass is 10.2. The Hall–Kier alpha value is -1.10. The molecule has 0 aromatic heterocycles. The predicted octanol–water partition coefficient (Wildman–Crippen LogP) is -0.607. The average Bonchev–Trinajstić information content (AvgIpc) is 2.69. The van der Waals surface area contributed by atoms with Crippen LogP contribution in [0.5, 0.6) is 0 Å². The highest BCUT2D eigenvalue weighted by molar-refractivity contribution is 7.87. The molecule has 90 valence electrons. The molecule has 0 aromatic rings. The zero-order valence-electron chi connectivity index (χ0n) is 8.72. The van der Waals surface area contributed by atoms with Crippen molar-refractivity contribution in [2.45, 2.75) is 25.3 Å². The van der Waals surface area contributed by atoms with E-state index in [4.69, 9.17) is 11.5 Å². The summed E-state index contributed by atoms with van der Waals surface area (Å²) in [5.74, 6) is 0.873. The van der Waals surface area contributed by atoms with E-state index in [9.17, 15) is 13.2 Å². The van der Waals surface area contributed by atoms with Crippen LogP contribution < -0.4 is 4.72 Å². The lowest BCUT2D eigenvalue weighted by Crippen LogP contribution is -2.47. The minimum absolute atomic E-state index is 0.164. The second-order valence-corrected chi connectivity index (χ2v) is 5.23. The fraction of sp³-hybridized carbons (Fsp3) is 0.667. The molecule has 7 heteroatoms. The van der Waals surface area contributed by atoms with Gasteiger partial charge in [0.2, 0.25) is 0 Å². The molecule has 0 aromatic carbocycles. The second kappa shape index (κ2) is 5.30. The molecule has 6 nitrogen and oxygen atoms in total. The molecule has 1 atom stereocenters. The summed E-state index contributed by atoms with van der Waals surface area (Å²) in [6.45, 7) is 0.857. The number of carboxylic acid groups (broad SMARTS) is 1. The van der Waals surface area contributed by atoms with Crippen LogP contribution in [-0.2, 0) is 15.0 Å². The molecule has 0 spiro atoms. The molecule has 0 bridgehead atoms. The summed E-state index contributed by atoms with van der Waals surface area (Å²) < 4.78 is 26.7. The molecular formula is C9H14N2O4S. The van der Waals surface area contributed by atoms with E-state index in [1.807, 2.05) is 0 Å². The Balaban J connectivity index is 2.69. The van der Waals surface area contributed by atoms with Crippen LogP contribution in [0.3, 0.4) is 0 Å². The van der Waals surface area contributed by atoms with Gasteiger partial charge in [-0.05, 0) is 12.8 Å². The van der Waals surface area contributed by atoms with Gasteiger partial charge in [0.05, 0.1) is 0 Å². The van der Waals surface area contributed by atoms with Gasteiger partial charge in [-0.1, -0.05) is 0 Å². The van der Waals surface area contributed by atoms with Crippen LogP contribution in [0, 0.1) is 12.3 Å². The molecule has 1 fully saturated rings. The van der Waals surface area contributed by atoms with E-state index in [0.717, 1.165) is 12.8 Å². The van der Waals surface area contributed by atoms with Gasteiger partial charge in [0.1, 0.15) is 6.04 Å². The molecule has 1 unspecified atom stereocenters. The third-order valence-electron chi connectivity index (χ3n) is 2.32. The van der Waals surface area contributed by atoms with Gasteiger partial charge >= 0.3 is 5.97 Å². The van der Waals surface area contributed by atoms with Crippen LogP contribution in [0.1, 0.15) is 19.3 Å². The zero-order chi connectivity index (χ0) is 12.2. The lowest BCUT2D eigenvalue weighted by molar-refractivity contribution is -0.138. The Kier molecular flexibility index (Phi) is 4.29. The van der Waals surface area contributed by atoms with Crippen LogP contribution in [-0.4, -0.2) is 42.9 Å². The second-order valence-electron chi connectivity index (χ2n) is 3.53. The molecular weight excluding hydrogens is 232 g/mol. The smallest absolute Gasteiger partial charge is 0.322 e. The number of nitrogens with one attached hydrogen (secondary N) is 1. The molecule has 1 aliphatic rings. The quantitative estimate of drug-likeness (QED) is 0.634. The average molecular weight is 246 g/mol. The molecule has 2 N–H and O–H groups in total. The van der Waals surface area contributed by atoms with E-state index < -0.39 is 22.2 Å². The van der Waals surface area contributed by atoms with Crippen molar-refractivity contribution >= 4 is 16.2 Å². The van der Waals surface area contributed by atoms with Crippen molar-refractivity contribution in [2.24, 2.45) is 0 Å². The van der Waals surface area contributed by atoms with Crippen molar-refractivity contribution < 1.29 is 18.3 Å². The summed E-state index contributed by atoms with van der Waals surface area (Å²) in [5.41, 5.74) is 0. The largest absolute Gasteiger partial charge is 0.480 e. The SMILES string of the molecule is C#CCC(NS(=O)(=O)N1CCCC1)C(=O)O. The third-order valence-corrected chi connectivity index (χ3v) is 3.94. The van der Waals surface area contributed by atoms with Gasteiger partial charge in [-0.25, -0.2) is 0 Å². The Labute approximate surface area is 94.8 Å². The van der Waals surface area contributed by atoms with Crippen molar-refractivity contribution in [3.8, 4) is 12.3 Å². The Morgan fingerprint density at radius 1 is 1.50 bits per heavy atom. The van der Waals surface area contributed by atoms with Gasteiger partial charge < -0.3 is 5.11 Å². The van der Waals surface area contributed by atoms with E-state index in [-0.39, 0.29) is 6.42 Å². The molecule has 0 amide bonds. The van der Waals surface area contributed by atoms with E-state index in [0.29, 0.717) is 13.1 Å². The number of hydrogen-bond donors (Lipinski definition) is 2. The van der Waals surface area contributed by atoms with E-state index in [2.05, 4.69) is 10.6 Å².